The molecule has 0 saturated heterocycles. The number of carbonyl (C=O) groups is 2. The van der Waals surface area contributed by atoms with Crippen molar-refractivity contribution in [3.05, 3.63) is 83.9 Å². The highest BCUT2D eigenvalue weighted by Gasteiger charge is 2.05. The molecular formula is C25H20O4. The molecule has 4 aromatic carbocycles. The van der Waals surface area contributed by atoms with Crippen molar-refractivity contribution >= 4 is 33.1 Å². The molecule has 0 amide bonds. The van der Waals surface area contributed by atoms with Crippen LogP contribution in [0.1, 0.15) is 34.6 Å². The summed E-state index contributed by atoms with van der Waals surface area (Å²) in [5, 5.41) is 3.98. The number of benzene rings is 4. The maximum Gasteiger partial charge on any atom is 0.230 e. The summed E-state index contributed by atoms with van der Waals surface area (Å²) < 4.78 is 11.4. The number of rotatable bonds is 6. The summed E-state index contributed by atoms with van der Waals surface area (Å²) in [7, 11) is 0. The first-order valence-corrected chi connectivity index (χ1v) is 9.35. The van der Waals surface area contributed by atoms with Crippen molar-refractivity contribution in [1.82, 2.24) is 0 Å². The minimum atomic E-state index is 0.0496. The Kier molecular flexibility index (Phi) is 5.00. The van der Waals surface area contributed by atoms with Crippen LogP contribution in [-0.2, 0) is 0 Å². The molecule has 0 unspecified atom stereocenters. The van der Waals surface area contributed by atoms with Crippen LogP contribution in [-0.4, -0.2) is 18.4 Å². The van der Waals surface area contributed by atoms with Crippen molar-refractivity contribution < 1.29 is 19.1 Å². The predicted octanol–water partition coefficient (Wildman–Crippen LogP) is 5.81. The molecule has 0 radical (unpaired) electrons. The maximum absolute atomic E-state index is 11.5. The van der Waals surface area contributed by atoms with E-state index in [-0.39, 0.29) is 18.4 Å². The van der Waals surface area contributed by atoms with Gasteiger partial charge in [0.2, 0.25) is 6.79 Å². The van der Waals surface area contributed by atoms with E-state index in [1.165, 1.54) is 0 Å². The molecule has 0 aliphatic heterocycles. The molecule has 0 saturated carbocycles. The quantitative estimate of drug-likeness (QED) is 0.311. The van der Waals surface area contributed by atoms with E-state index in [2.05, 4.69) is 0 Å². The van der Waals surface area contributed by atoms with Crippen molar-refractivity contribution in [3.8, 4) is 11.5 Å². The van der Waals surface area contributed by atoms with Gasteiger partial charge in [0.25, 0.3) is 0 Å². The fourth-order valence-electron chi connectivity index (χ4n) is 3.23. The highest BCUT2D eigenvalue weighted by molar-refractivity contribution is 5.99. The molecule has 0 heterocycles. The number of fused-ring (bicyclic) bond motifs is 2. The van der Waals surface area contributed by atoms with Crippen LogP contribution in [0.3, 0.4) is 0 Å². The van der Waals surface area contributed by atoms with E-state index in [1.54, 1.807) is 13.8 Å². The van der Waals surface area contributed by atoms with Crippen molar-refractivity contribution in [2.45, 2.75) is 13.8 Å². The van der Waals surface area contributed by atoms with Gasteiger partial charge in [-0.15, -0.1) is 0 Å². The second-order valence-corrected chi connectivity index (χ2v) is 6.97. The minimum Gasteiger partial charge on any atom is -0.457 e. The van der Waals surface area contributed by atoms with Crippen molar-refractivity contribution in [2.75, 3.05) is 6.79 Å². The molecule has 0 N–H and O–H groups in total. The highest BCUT2D eigenvalue weighted by atomic mass is 16.7. The third-order valence-electron chi connectivity index (χ3n) is 4.89. The Bertz CT molecular complexity index is 1140. The van der Waals surface area contributed by atoms with Gasteiger partial charge in [0, 0.05) is 11.1 Å². The molecule has 0 aliphatic rings. The smallest absolute Gasteiger partial charge is 0.230 e. The number of ether oxygens (including phenoxy) is 2. The second kappa shape index (κ2) is 7.76. The van der Waals surface area contributed by atoms with Crippen LogP contribution in [0.4, 0.5) is 0 Å². The number of hydrogen-bond acceptors (Lipinski definition) is 4. The monoisotopic (exact) mass is 384 g/mol. The van der Waals surface area contributed by atoms with E-state index in [0.717, 1.165) is 21.5 Å². The Morgan fingerprint density at radius 1 is 0.586 bits per heavy atom. The van der Waals surface area contributed by atoms with Gasteiger partial charge >= 0.3 is 0 Å². The lowest BCUT2D eigenvalue weighted by molar-refractivity contribution is 0.100. The molecule has 0 fully saturated rings. The zero-order valence-electron chi connectivity index (χ0n) is 16.3. The van der Waals surface area contributed by atoms with Gasteiger partial charge in [-0.1, -0.05) is 36.4 Å². The highest BCUT2D eigenvalue weighted by Crippen LogP contribution is 2.24. The van der Waals surface area contributed by atoms with Crippen LogP contribution in [0.5, 0.6) is 11.5 Å². The maximum atomic E-state index is 11.5. The Morgan fingerprint density at radius 2 is 0.966 bits per heavy atom. The van der Waals surface area contributed by atoms with Crippen LogP contribution in [0.15, 0.2) is 72.8 Å². The van der Waals surface area contributed by atoms with Gasteiger partial charge in [0.15, 0.2) is 11.6 Å². The average molecular weight is 384 g/mol. The van der Waals surface area contributed by atoms with Crippen LogP contribution in [0.2, 0.25) is 0 Å². The van der Waals surface area contributed by atoms with Gasteiger partial charge < -0.3 is 9.47 Å². The van der Waals surface area contributed by atoms with E-state index in [4.69, 9.17) is 9.47 Å². The minimum absolute atomic E-state index is 0.0496. The van der Waals surface area contributed by atoms with Crippen LogP contribution >= 0.6 is 0 Å². The SMILES string of the molecule is CC(=O)c1ccc2cc(OCOc3ccc4cc(C(C)=O)ccc4c3)ccc2c1. The zero-order chi connectivity index (χ0) is 20.4. The third-order valence-corrected chi connectivity index (χ3v) is 4.89. The number of Topliss-reactive ketones (excluding diaryl/α,β-unsaturated/α-hetero) is 2. The van der Waals surface area contributed by atoms with Crippen LogP contribution in [0, 0.1) is 0 Å². The molecule has 4 nitrogen and oxygen atoms in total. The topological polar surface area (TPSA) is 52.6 Å². The molecule has 4 heteroatoms. The van der Waals surface area contributed by atoms with Gasteiger partial charge in [0.1, 0.15) is 11.5 Å². The molecular weight excluding hydrogens is 364 g/mol. The number of hydrogen-bond donors (Lipinski definition) is 0. The third kappa shape index (κ3) is 4.11. The first kappa shape index (κ1) is 18.7. The summed E-state index contributed by atoms with van der Waals surface area (Å²) in [5.74, 6) is 1.49. The van der Waals surface area contributed by atoms with Gasteiger partial charge in [-0.05, 0) is 71.8 Å². The normalized spacial score (nSPS) is 10.8. The standard InChI is InChI=1S/C25H20O4/c1-16(26)18-3-5-22-13-24(9-7-20(22)11-18)28-15-29-25-10-8-21-12-19(17(2)27)4-6-23(21)14-25/h3-14H,15H2,1-2H3. The number of carbonyl (C=O) groups excluding carboxylic acids is 2. The summed E-state index contributed by atoms with van der Waals surface area (Å²) in [6, 6.07) is 22.7. The lowest BCUT2D eigenvalue weighted by atomic mass is 10.0. The van der Waals surface area contributed by atoms with Gasteiger partial charge in [-0.2, -0.15) is 0 Å². The summed E-state index contributed by atoms with van der Waals surface area (Å²) in [4.78, 5) is 23.0. The summed E-state index contributed by atoms with van der Waals surface area (Å²) >= 11 is 0. The Hall–Kier alpha value is -3.66. The lowest BCUT2D eigenvalue weighted by Crippen LogP contribution is -2.05. The van der Waals surface area contributed by atoms with Gasteiger partial charge in [-0.3, -0.25) is 9.59 Å². The van der Waals surface area contributed by atoms with E-state index in [1.807, 2.05) is 72.8 Å². The zero-order valence-corrected chi connectivity index (χ0v) is 16.3. The largest absolute Gasteiger partial charge is 0.457 e. The van der Waals surface area contributed by atoms with E-state index >= 15 is 0 Å². The molecule has 0 aromatic heterocycles. The van der Waals surface area contributed by atoms with E-state index < -0.39 is 0 Å². The Balaban J connectivity index is 1.44. The molecule has 0 bridgehead atoms. The Labute approximate surface area is 168 Å². The number of ketones is 2. The van der Waals surface area contributed by atoms with E-state index in [9.17, 15) is 9.59 Å². The Morgan fingerprint density at radius 3 is 1.38 bits per heavy atom. The average Bonchev–Trinajstić information content (AvgIpc) is 2.72. The van der Waals surface area contributed by atoms with Gasteiger partial charge in [-0.25, -0.2) is 0 Å². The summed E-state index contributed by atoms with van der Waals surface area (Å²) in [6.45, 7) is 3.20. The summed E-state index contributed by atoms with van der Waals surface area (Å²) in [5.41, 5.74) is 1.39. The molecule has 4 rings (SSSR count). The summed E-state index contributed by atoms with van der Waals surface area (Å²) in [6.07, 6.45) is 0. The molecule has 29 heavy (non-hydrogen) atoms. The van der Waals surface area contributed by atoms with Crippen LogP contribution < -0.4 is 9.47 Å². The van der Waals surface area contributed by atoms with E-state index in [0.29, 0.717) is 22.6 Å². The fourth-order valence-corrected chi connectivity index (χ4v) is 3.23. The molecule has 144 valence electrons. The molecule has 0 spiro atoms. The molecule has 0 aliphatic carbocycles. The fraction of sp³-hybridized carbons (Fsp3) is 0.120. The van der Waals surface area contributed by atoms with Crippen molar-refractivity contribution in [2.24, 2.45) is 0 Å². The molecule has 0 atom stereocenters. The van der Waals surface area contributed by atoms with Crippen molar-refractivity contribution in [3.63, 3.8) is 0 Å². The second-order valence-electron chi connectivity index (χ2n) is 6.97. The lowest BCUT2D eigenvalue weighted by Gasteiger charge is -2.10. The first-order valence-electron chi connectivity index (χ1n) is 9.35. The first-order chi connectivity index (χ1) is 14.0. The molecule has 4 aromatic rings. The predicted molar refractivity (Wildman–Crippen MR) is 114 cm³/mol. The van der Waals surface area contributed by atoms with Gasteiger partial charge in [0.05, 0.1) is 0 Å². The van der Waals surface area contributed by atoms with Crippen LogP contribution in [0.25, 0.3) is 21.5 Å². The van der Waals surface area contributed by atoms with Crippen molar-refractivity contribution in [1.29, 1.82) is 0 Å².